The van der Waals surface area contributed by atoms with Crippen molar-refractivity contribution < 1.29 is 0 Å². The highest BCUT2D eigenvalue weighted by molar-refractivity contribution is 7.08. The predicted octanol–water partition coefficient (Wildman–Crippen LogP) is 3.12. The summed E-state index contributed by atoms with van der Waals surface area (Å²) in [6.45, 7) is 3.16. The van der Waals surface area contributed by atoms with Gasteiger partial charge in [-0.1, -0.05) is 0 Å². The van der Waals surface area contributed by atoms with E-state index in [0.29, 0.717) is 0 Å². The van der Waals surface area contributed by atoms with Crippen LogP contribution in [0.2, 0.25) is 0 Å². The molecular weight excluding hydrogens is 204 g/mol. The number of rotatable bonds is 2. The van der Waals surface area contributed by atoms with Gasteiger partial charge < -0.3 is 0 Å². The summed E-state index contributed by atoms with van der Waals surface area (Å²) < 4.78 is 2.18. The van der Waals surface area contributed by atoms with Gasteiger partial charge in [0.2, 0.25) is 0 Å². The third-order valence-corrected chi connectivity index (χ3v) is 3.78. The first kappa shape index (κ1) is 9.16. The lowest BCUT2D eigenvalue weighted by Crippen LogP contribution is -2.00. The van der Waals surface area contributed by atoms with Gasteiger partial charge in [-0.05, 0) is 37.6 Å². The molecule has 0 radical (unpaired) electrons. The van der Waals surface area contributed by atoms with E-state index in [4.69, 9.17) is 5.10 Å². The van der Waals surface area contributed by atoms with Crippen LogP contribution in [0.5, 0.6) is 0 Å². The topological polar surface area (TPSA) is 17.8 Å². The summed E-state index contributed by atoms with van der Waals surface area (Å²) in [5.74, 6) is 0. The predicted molar refractivity (Wildman–Crippen MR) is 63.2 cm³/mol. The smallest absolute Gasteiger partial charge is 0.0966 e. The number of nitrogens with zero attached hydrogens (tertiary/aromatic N) is 2. The number of hydrogen-bond acceptors (Lipinski definition) is 2. The minimum atomic E-state index is 0.993. The van der Waals surface area contributed by atoms with Crippen molar-refractivity contribution in [2.24, 2.45) is 0 Å². The molecule has 0 saturated heterocycles. The molecule has 15 heavy (non-hydrogen) atoms. The van der Waals surface area contributed by atoms with Crippen molar-refractivity contribution in [1.29, 1.82) is 0 Å². The van der Waals surface area contributed by atoms with E-state index in [1.807, 2.05) is 0 Å². The Morgan fingerprint density at radius 3 is 3.13 bits per heavy atom. The maximum atomic E-state index is 4.72. The molecule has 0 N–H and O–H groups in total. The molecule has 0 amide bonds. The highest BCUT2D eigenvalue weighted by Gasteiger charge is 2.22. The largest absolute Gasteiger partial charge is 0.269 e. The van der Waals surface area contributed by atoms with Gasteiger partial charge in [0, 0.05) is 28.7 Å². The van der Waals surface area contributed by atoms with Crippen LogP contribution in [0.1, 0.15) is 24.6 Å². The molecular formula is C12H14N2S. The summed E-state index contributed by atoms with van der Waals surface area (Å²) in [6, 6.07) is 2.17. The van der Waals surface area contributed by atoms with Gasteiger partial charge in [-0.3, -0.25) is 4.68 Å². The van der Waals surface area contributed by atoms with Crippen LogP contribution in [-0.2, 0) is 19.4 Å². The Labute approximate surface area is 93.6 Å². The summed E-state index contributed by atoms with van der Waals surface area (Å²) in [5, 5.41) is 9.04. The fourth-order valence-electron chi connectivity index (χ4n) is 2.40. The summed E-state index contributed by atoms with van der Waals surface area (Å²) in [4.78, 5) is 0. The summed E-state index contributed by atoms with van der Waals surface area (Å²) >= 11 is 1.75. The molecule has 0 fully saturated rings. The lowest BCUT2D eigenvalue weighted by atomic mass is 10.1. The quantitative estimate of drug-likeness (QED) is 0.757. The van der Waals surface area contributed by atoms with Crippen molar-refractivity contribution in [1.82, 2.24) is 9.78 Å². The highest BCUT2D eigenvalue weighted by atomic mass is 32.1. The zero-order chi connectivity index (χ0) is 10.3. The summed E-state index contributed by atoms with van der Waals surface area (Å²) in [6.07, 6.45) is 3.71. The number of fused-ring (bicyclic) bond motifs is 1. The maximum Gasteiger partial charge on any atom is 0.0966 e. The first-order valence-corrected chi connectivity index (χ1v) is 6.45. The van der Waals surface area contributed by atoms with Crippen molar-refractivity contribution in [3.05, 3.63) is 28.1 Å². The van der Waals surface area contributed by atoms with Crippen LogP contribution >= 0.6 is 11.3 Å². The van der Waals surface area contributed by atoms with Crippen molar-refractivity contribution in [2.45, 2.75) is 32.7 Å². The molecule has 2 aromatic rings. The van der Waals surface area contributed by atoms with E-state index >= 15 is 0 Å². The lowest BCUT2D eigenvalue weighted by Gasteiger charge is -1.99. The normalized spacial score (nSPS) is 14.5. The van der Waals surface area contributed by atoms with Crippen LogP contribution in [0.15, 0.2) is 16.8 Å². The molecule has 0 spiro atoms. The van der Waals surface area contributed by atoms with Crippen molar-refractivity contribution >= 4 is 11.3 Å². The Hall–Kier alpha value is -1.09. The molecule has 1 aliphatic rings. The van der Waals surface area contributed by atoms with Crippen LogP contribution in [0.25, 0.3) is 11.3 Å². The maximum absolute atomic E-state index is 4.72. The third kappa shape index (κ3) is 1.34. The van der Waals surface area contributed by atoms with Crippen LogP contribution in [-0.4, -0.2) is 9.78 Å². The molecule has 3 rings (SSSR count). The molecule has 0 atom stereocenters. The Balaban J connectivity index is 2.17. The molecule has 0 saturated carbocycles. The van der Waals surface area contributed by atoms with E-state index in [2.05, 4.69) is 28.4 Å². The van der Waals surface area contributed by atoms with Gasteiger partial charge in [-0.2, -0.15) is 16.4 Å². The second-order valence-electron chi connectivity index (χ2n) is 3.96. The zero-order valence-corrected chi connectivity index (χ0v) is 9.68. The number of aromatic nitrogens is 2. The summed E-state index contributed by atoms with van der Waals surface area (Å²) in [5.41, 5.74) is 5.49. The molecule has 0 aromatic carbocycles. The number of thiophene rings is 1. The zero-order valence-electron chi connectivity index (χ0n) is 8.86. The molecule has 78 valence electrons. The molecule has 3 heteroatoms. The van der Waals surface area contributed by atoms with Gasteiger partial charge in [0.15, 0.2) is 0 Å². The number of hydrogen-bond donors (Lipinski definition) is 0. The van der Waals surface area contributed by atoms with E-state index < -0.39 is 0 Å². The molecule has 0 aliphatic heterocycles. The minimum absolute atomic E-state index is 0.993. The van der Waals surface area contributed by atoms with Gasteiger partial charge >= 0.3 is 0 Å². The van der Waals surface area contributed by atoms with Crippen LogP contribution in [0, 0.1) is 0 Å². The molecule has 1 aliphatic carbocycles. The van der Waals surface area contributed by atoms with Crippen LogP contribution in [0.4, 0.5) is 0 Å². The lowest BCUT2D eigenvalue weighted by molar-refractivity contribution is 0.624. The van der Waals surface area contributed by atoms with Crippen LogP contribution < -0.4 is 0 Å². The highest BCUT2D eigenvalue weighted by Crippen LogP contribution is 2.32. The fraction of sp³-hybridized carbons (Fsp3) is 0.417. The number of aryl methyl sites for hydroxylation is 1. The average Bonchev–Trinajstić information content (AvgIpc) is 2.94. The molecule has 2 heterocycles. The monoisotopic (exact) mass is 218 g/mol. The Bertz CT molecular complexity index is 468. The van der Waals surface area contributed by atoms with E-state index in [-0.39, 0.29) is 0 Å². The van der Waals surface area contributed by atoms with Gasteiger partial charge in [0.1, 0.15) is 0 Å². The Morgan fingerprint density at radius 1 is 1.47 bits per heavy atom. The van der Waals surface area contributed by atoms with E-state index in [0.717, 1.165) is 6.54 Å². The molecule has 0 bridgehead atoms. The fourth-order valence-corrected chi connectivity index (χ4v) is 3.04. The van der Waals surface area contributed by atoms with Gasteiger partial charge in [0.05, 0.1) is 5.69 Å². The van der Waals surface area contributed by atoms with Crippen molar-refractivity contribution in [2.75, 3.05) is 0 Å². The van der Waals surface area contributed by atoms with Crippen molar-refractivity contribution in [3.63, 3.8) is 0 Å². The first-order valence-electron chi connectivity index (χ1n) is 5.51. The third-order valence-electron chi connectivity index (χ3n) is 3.10. The second-order valence-corrected chi connectivity index (χ2v) is 4.74. The summed E-state index contributed by atoms with van der Waals surface area (Å²) in [7, 11) is 0. The van der Waals surface area contributed by atoms with Gasteiger partial charge in [-0.25, -0.2) is 0 Å². The first-order chi connectivity index (χ1) is 7.40. The second kappa shape index (κ2) is 3.49. The molecule has 0 unspecified atom stereocenters. The average molecular weight is 218 g/mol. The van der Waals surface area contributed by atoms with Gasteiger partial charge in [0.25, 0.3) is 0 Å². The van der Waals surface area contributed by atoms with E-state index in [9.17, 15) is 0 Å². The van der Waals surface area contributed by atoms with Crippen LogP contribution in [0.3, 0.4) is 0 Å². The Morgan fingerprint density at radius 2 is 2.40 bits per heavy atom. The minimum Gasteiger partial charge on any atom is -0.269 e. The standard InChI is InChI=1S/C12H14N2S/c1-2-14-11-5-3-4-10(11)12(13-14)9-6-7-15-8-9/h6-8H,2-5H2,1H3. The molecule has 2 aromatic heterocycles. The van der Waals surface area contributed by atoms with Crippen molar-refractivity contribution in [3.8, 4) is 11.3 Å². The SMILES string of the molecule is CCn1nc(-c2ccsc2)c2c1CCC2. The van der Waals surface area contributed by atoms with E-state index in [1.165, 1.54) is 41.8 Å². The molecule has 2 nitrogen and oxygen atoms in total. The Kier molecular flexibility index (Phi) is 2.13. The van der Waals surface area contributed by atoms with Gasteiger partial charge in [-0.15, -0.1) is 0 Å². The van der Waals surface area contributed by atoms with E-state index in [1.54, 1.807) is 11.3 Å².